The minimum absolute atomic E-state index is 0.0161. The Hall–Kier alpha value is -2.08. The van der Waals surface area contributed by atoms with Gasteiger partial charge in [-0.25, -0.2) is 13.8 Å². The fourth-order valence-corrected chi connectivity index (χ4v) is 2.44. The Bertz CT molecular complexity index is 877. The van der Waals surface area contributed by atoms with Gasteiger partial charge >= 0.3 is 0 Å². The predicted molar refractivity (Wildman–Crippen MR) is 75.4 cm³/mol. The van der Waals surface area contributed by atoms with Crippen LogP contribution in [-0.4, -0.2) is 9.97 Å². The maximum atomic E-state index is 13.9. The van der Waals surface area contributed by atoms with Crippen LogP contribution in [-0.2, 0) is 0 Å². The second-order valence-electron chi connectivity index (χ2n) is 4.15. The minimum atomic E-state index is -1.06. The Kier molecular flexibility index (Phi) is 3.10. The van der Waals surface area contributed by atoms with Crippen molar-refractivity contribution < 1.29 is 8.78 Å². The molecule has 0 aliphatic carbocycles. The molecule has 0 saturated heterocycles. The van der Waals surface area contributed by atoms with Crippen molar-refractivity contribution in [1.82, 2.24) is 9.97 Å². The Morgan fingerprint density at radius 2 is 1.85 bits per heavy atom. The van der Waals surface area contributed by atoms with Gasteiger partial charge < -0.3 is 4.98 Å². The van der Waals surface area contributed by atoms with Gasteiger partial charge in [0.25, 0.3) is 5.56 Å². The molecule has 100 valence electrons. The van der Waals surface area contributed by atoms with E-state index in [0.29, 0.717) is 15.4 Å². The molecule has 0 saturated carbocycles. The fraction of sp³-hybridized carbons (Fsp3) is 0. The van der Waals surface area contributed by atoms with Crippen LogP contribution in [0.1, 0.15) is 0 Å². The van der Waals surface area contributed by atoms with Gasteiger partial charge in [-0.1, -0.05) is 12.1 Å². The number of fused-ring (bicyclic) bond motifs is 1. The van der Waals surface area contributed by atoms with Gasteiger partial charge in [-0.05, 0) is 40.2 Å². The van der Waals surface area contributed by atoms with Crippen LogP contribution < -0.4 is 5.56 Å². The first-order valence-corrected chi connectivity index (χ1v) is 6.50. The highest BCUT2D eigenvalue weighted by molar-refractivity contribution is 9.10. The molecule has 0 atom stereocenters. The van der Waals surface area contributed by atoms with Crippen molar-refractivity contribution in [2.24, 2.45) is 0 Å². The summed E-state index contributed by atoms with van der Waals surface area (Å²) < 4.78 is 27.6. The first kappa shape index (κ1) is 12.9. The van der Waals surface area contributed by atoms with Crippen LogP contribution in [0.2, 0.25) is 0 Å². The summed E-state index contributed by atoms with van der Waals surface area (Å²) in [4.78, 5) is 18.6. The van der Waals surface area contributed by atoms with Gasteiger partial charge in [-0.2, -0.15) is 0 Å². The second kappa shape index (κ2) is 4.79. The van der Waals surface area contributed by atoms with Crippen LogP contribution in [0.3, 0.4) is 0 Å². The molecule has 20 heavy (non-hydrogen) atoms. The van der Waals surface area contributed by atoms with Crippen molar-refractivity contribution in [3.8, 4) is 11.4 Å². The van der Waals surface area contributed by atoms with E-state index in [1.807, 2.05) is 0 Å². The zero-order chi connectivity index (χ0) is 14.3. The van der Waals surface area contributed by atoms with E-state index in [9.17, 15) is 13.6 Å². The Morgan fingerprint density at radius 1 is 1.10 bits per heavy atom. The molecule has 3 nitrogen and oxygen atoms in total. The van der Waals surface area contributed by atoms with Crippen LogP contribution in [0.4, 0.5) is 8.78 Å². The number of rotatable bonds is 1. The maximum absolute atomic E-state index is 13.9. The highest BCUT2D eigenvalue weighted by Gasteiger charge is 2.17. The number of hydrogen-bond donors (Lipinski definition) is 1. The van der Waals surface area contributed by atoms with Crippen LogP contribution in [0.5, 0.6) is 0 Å². The van der Waals surface area contributed by atoms with Crippen molar-refractivity contribution in [3.05, 3.63) is 62.9 Å². The van der Waals surface area contributed by atoms with Crippen molar-refractivity contribution in [3.63, 3.8) is 0 Å². The third-order valence-corrected chi connectivity index (χ3v) is 3.55. The van der Waals surface area contributed by atoms with Crippen molar-refractivity contribution in [1.29, 1.82) is 0 Å². The molecule has 0 spiro atoms. The van der Waals surface area contributed by atoms with Crippen LogP contribution >= 0.6 is 15.9 Å². The molecular formula is C14H7BrF2N2O. The molecule has 0 radical (unpaired) electrons. The summed E-state index contributed by atoms with van der Waals surface area (Å²) in [5, 5.41) is 0.393. The predicted octanol–water partition coefficient (Wildman–Crippen LogP) is 3.63. The molecular weight excluding hydrogens is 330 g/mol. The lowest BCUT2D eigenvalue weighted by Gasteiger charge is -2.07. The minimum Gasteiger partial charge on any atom is -0.306 e. The highest BCUT2D eigenvalue weighted by Crippen LogP contribution is 2.30. The molecule has 0 amide bonds. The molecule has 0 aliphatic rings. The van der Waals surface area contributed by atoms with E-state index in [1.165, 1.54) is 6.07 Å². The zero-order valence-electron chi connectivity index (χ0n) is 9.95. The topological polar surface area (TPSA) is 45.8 Å². The lowest BCUT2D eigenvalue weighted by Crippen LogP contribution is -2.10. The molecule has 0 bridgehead atoms. The average Bonchev–Trinajstić information content (AvgIpc) is 2.44. The molecule has 0 fully saturated rings. The van der Waals surface area contributed by atoms with Gasteiger partial charge in [-0.3, -0.25) is 4.79 Å². The quantitative estimate of drug-likeness (QED) is 0.689. The maximum Gasteiger partial charge on any atom is 0.259 e. The standard InChI is InChI=1S/C14H7BrF2N2O/c15-8-5-6-9(16)12(17)11(8)13-18-10-4-2-1-3-7(10)14(20)19-13/h1-6H,(H,18,19,20). The van der Waals surface area contributed by atoms with Crippen molar-refractivity contribution >= 4 is 26.8 Å². The first-order chi connectivity index (χ1) is 9.58. The number of para-hydroxylation sites is 1. The number of aromatic nitrogens is 2. The lowest BCUT2D eigenvalue weighted by molar-refractivity contribution is 0.510. The molecule has 3 aromatic rings. The van der Waals surface area contributed by atoms with Gasteiger partial charge in [0.2, 0.25) is 0 Å². The van der Waals surface area contributed by atoms with Crippen molar-refractivity contribution in [2.45, 2.75) is 0 Å². The molecule has 0 aliphatic heterocycles. The SMILES string of the molecule is O=c1[nH]c(-c2c(Br)ccc(F)c2F)nc2ccccc12. The van der Waals surface area contributed by atoms with Gasteiger partial charge in [-0.15, -0.1) is 0 Å². The van der Waals surface area contributed by atoms with E-state index in [0.717, 1.165) is 6.07 Å². The van der Waals surface area contributed by atoms with Crippen LogP contribution in [0.15, 0.2) is 45.7 Å². The molecule has 6 heteroatoms. The summed E-state index contributed by atoms with van der Waals surface area (Å²) >= 11 is 3.14. The summed E-state index contributed by atoms with van der Waals surface area (Å²) in [5.41, 5.74) is -0.0872. The third kappa shape index (κ3) is 2.02. The van der Waals surface area contributed by atoms with E-state index >= 15 is 0 Å². The summed E-state index contributed by atoms with van der Waals surface area (Å²) in [5.74, 6) is -2.07. The molecule has 1 aromatic heterocycles. The summed E-state index contributed by atoms with van der Waals surface area (Å²) in [7, 11) is 0. The Labute approximate surface area is 120 Å². The van der Waals surface area contributed by atoms with E-state index in [2.05, 4.69) is 25.9 Å². The van der Waals surface area contributed by atoms with Crippen molar-refractivity contribution in [2.75, 3.05) is 0 Å². The summed E-state index contributed by atoms with van der Waals surface area (Å²) in [6, 6.07) is 9.04. The Morgan fingerprint density at radius 3 is 2.65 bits per heavy atom. The van der Waals surface area contributed by atoms with Gasteiger partial charge in [0.05, 0.1) is 16.5 Å². The Balaban J connectivity index is 2.36. The summed E-state index contributed by atoms with van der Waals surface area (Å²) in [6.45, 7) is 0. The number of H-pyrrole nitrogens is 1. The zero-order valence-corrected chi connectivity index (χ0v) is 11.5. The molecule has 3 rings (SSSR count). The largest absolute Gasteiger partial charge is 0.306 e. The number of benzene rings is 2. The van der Waals surface area contributed by atoms with Crippen LogP contribution in [0, 0.1) is 11.6 Å². The first-order valence-electron chi connectivity index (χ1n) is 5.71. The normalized spacial score (nSPS) is 10.9. The number of aromatic amines is 1. The van der Waals surface area contributed by atoms with E-state index in [-0.39, 0.29) is 11.4 Å². The number of halogens is 3. The monoisotopic (exact) mass is 336 g/mol. The van der Waals surface area contributed by atoms with E-state index in [1.54, 1.807) is 24.3 Å². The lowest BCUT2D eigenvalue weighted by atomic mass is 10.1. The van der Waals surface area contributed by atoms with Gasteiger partial charge in [0, 0.05) is 4.47 Å². The molecule has 0 unspecified atom stereocenters. The number of hydrogen-bond acceptors (Lipinski definition) is 2. The highest BCUT2D eigenvalue weighted by atomic mass is 79.9. The van der Waals surface area contributed by atoms with E-state index < -0.39 is 17.2 Å². The molecule has 2 aromatic carbocycles. The fourth-order valence-electron chi connectivity index (χ4n) is 1.95. The van der Waals surface area contributed by atoms with Crippen LogP contribution in [0.25, 0.3) is 22.3 Å². The van der Waals surface area contributed by atoms with Gasteiger partial charge in [0.1, 0.15) is 5.82 Å². The second-order valence-corrected chi connectivity index (χ2v) is 5.00. The molecule has 1 heterocycles. The average molecular weight is 337 g/mol. The van der Waals surface area contributed by atoms with Gasteiger partial charge in [0.15, 0.2) is 11.6 Å². The number of nitrogens with one attached hydrogen (secondary N) is 1. The summed E-state index contributed by atoms with van der Waals surface area (Å²) in [6.07, 6.45) is 0. The smallest absolute Gasteiger partial charge is 0.259 e. The number of nitrogens with zero attached hydrogens (tertiary/aromatic N) is 1. The molecule has 1 N–H and O–H groups in total. The van der Waals surface area contributed by atoms with E-state index in [4.69, 9.17) is 0 Å². The third-order valence-electron chi connectivity index (χ3n) is 2.89.